The van der Waals surface area contributed by atoms with Crippen LogP contribution in [0.1, 0.15) is 43.6 Å². The molecule has 4 rings (SSSR count). The molecule has 2 aliphatic rings. The minimum atomic E-state index is -1.93. The standard InChI is InChI=1S/C22H26O2Si/c1-22(2,3)25(4,5)24-21-16-11-7-6-10-15(16)14-18-17-12-8-9-13-19(17)23-20(18)21/h6-14,20-21H,1-5H3/t20-,21-/m1/s1. The molecule has 0 amide bonds. The summed E-state index contributed by atoms with van der Waals surface area (Å²) in [6.45, 7) is 11.5. The third-order valence-corrected chi connectivity index (χ3v) is 10.3. The highest BCUT2D eigenvalue weighted by Crippen LogP contribution is 2.50. The van der Waals surface area contributed by atoms with Crippen molar-refractivity contribution < 1.29 is 9.16 Å². The van der Waals surface area contributed by atoms with Gasteiger partial charge in [-0.1, -0.05) is 63.2 Å². The summed E-state index contributed by atoms with van der Waals surface area (Å²) >= 11 is 0. The van der Waals surface area contributed by atoms with E-state index in [-0.39, 0.29) is 17.2 Å². The van der Waals surface area contributed by atoms with Gasteiger partial charge in [0.15, 0.2) is 14.4 Å². The largest absolute Gasteiger partial charge is 0.482 e. The Bertz CT molecular complexity index is 845. The maximum absolute atomic E-state index is 6.89. The van der Waals surface area contributed by atoms with Crippen LogP contribution in [0.5, 0.6) is 5.75 Å². The van der Waals surface area contributed by atoms with Crippen LogP contribution in [0.3, 0.4) is 0 Å². The summed E-state index contributed by atoms with van der Waals surface area (Å²) in [5.74, 6) is 0.968. The molecule has 0 bridgehead atoms. The molecular weight excluding hydrogens is 324 g/mol. The van der Waals surface area contributed by atoms with Gasteiger partial charge in [-0.3, -0.25) is 0 Å². The van der Waals surface area contributed by atoms with Crippen LogP contribution in [0, 0.1) is 0 Å². The van der Waals surface area contributed by atoms with E-state index in [0.29, 0.717) is 0 Å². The average molecular weight is 351 g/mol. The second-order valence-corrected chi connectivity index (χ2v) is 13.3. The Morgan fingerprint density at radius 3 is 2.40 bits per heavy atom. The van der Waals surface area contributed by atoms with Gasteiger partial charge >= 0.3 is 0 Å². The lowest BCUT2D eigenvalue weighted by molar-refractivity contribution is 0.0834. The minimum Gasteiger partial charge on any atom is -0.482 e. The van der Waals surface area contributed by atoms with Crippen LogP contribution < -0.4 is 4.74 Å². The highest BCUT2D eigenvalue weighted by molar-refractivity contribution is 6.74. The molecule has 0 aromatic heterocycles. The number of hydrogen-bond acceptors (Lipinski definition) is 2. The van der Waals surface area contributed by atoms with Crippen molar-refractivity contribution in [3.63, 3.8) is 0 Å². The second-order valence-electron chi connectivity index (χ2n) is 8.56. The average Bonchev–Trinajstić information content (AvgIpc) is 2.92. The van der Waals surface area contributed by atoms with Crippen LogP contribution in [0.2, 0.25) is 18.1 Å². The van der Waals surface area contributed by atoms with Gasteiger partial charge in [-0.15, -0.1) is 0 Å². The molecular formula is C22H26O2Si. The van der Waals surface area contributed by atoms with Crippen molar-refractivity contribution in [1.29, 1.82) is 0 Å². The van der Waals surface area contributed by atoms with Gasteiger partial charge in [0.25, 0.3) is 0 Å². The molecule has 0 fully saturated rings. The summed E-state index contributed by atoms with van der Waals surface area (Å²) in [5.41, 5.74) is 4.94. The lowest BCUT2D eigenvalue weighted by Gasteiger charge is -2.42. The molecule has 0 saturated heterocycles. The first kappa shape index (κ1) is 16.6. The summed E-state index contributed by atoms with van der Waals surface area (Å²) in [6.07, 6.45) is 2.17. The fourth-order valence-corrected chi connectivity index (χ4v) is 4.64. The van der Waals surface area contributed by atoms with E-state index >= 15 is 0 Å². The molecule has 1 aliphatic carbocycles. The highest BCUT2D eigenvalue weighted by atomic mass is 28.4. The summed E-state index contributed by atoms with van der Waals surface area (Å²) in [7, 11) is -1.93. The Morgan fingerprint density at radius 1 is 0.960 bits per heavy atom. The van der Waals surface area contributed by atoms with E-state index in [2.05, 4.69) is 82.4 Å². The maximum atomic E-state index is 6.89. The summed E-state index contributed by atoms with van der Waals surface area (Å²) in [5, 5.41) is 0.161. The lowest BCUT2D eigenvalue weighted by Crippen LogP contribution is -2.45. The van der Waals surface area contributed by atoms with Gasteiger partial charge in [0.2, 0.25) is 0 Å². The molecule has 0 radical (unpaired) electrons. The van der Waals surface area contributed by atoms with Crippen LogP contribution >= 0.6 is 0 Å². The first-order valence-corrected chi connectivity index (χ1v) is 11.9. The normalized spacial score (nSPS) is 21.7. The van der Waals surface area contributed by atoms with Crippen molar-refractivity contribution >= 4 is 20.0 Å². The lowest BCUT2D eigenvalue weighted by atomic mass is 9.86. The fourth-order valence-electron chi connectivity index (χ4n) is 3.40. The van der Waals surface area contributed by atoms with Crippen molar-refractivity contribution in [3.05, 3.63) is 65.2 Å². The fraction of sp³-hybridized carbons (Fsp3) is 0.364. The summed E-state index contributed by atoms with van der Waals surface area (Å²) in [6, 6.07) is 16.9. The SMILES string of the molecule is CC(C)(C)[Si](C)(C)O[C@@H]1c2ccccc2C=C2c3ccccc3O[C@H]21. The number of para-hydroxylation sites is 1. The number of hydrogen-bond donors (Lipinski definition) is 0. The van der Waals surface area contributed by atoms with Crippen molar-refractivity contribution in [3.8, 4) is 5.75 Å². The predicted molar refractivity (Wildman–Crippen MR) is 106 cm³/mol. The Kier molecular flexibility index (Phi) is 3.71. The van der Waals surface area contributed by atoms with E-state index in [1.807, 2.05) is 6.07 Å². The van der Waals surface area contributed by atoms with Crippen LogP contribution in [0.25, 0.3) is 11.6 Å². The van der Waals surface area contributed by atoms with Crippen molar-refractivity contribution in [2.45, 2.75) is 51.1 Å². The Hall–Kier alpha value is -1.84. The van der Waals surface area contributed by atoms with Gasteiger partial charge < -0.3 is 9.16 Å². The summed E-state index contributed by atoms with van der Waals surface area (Å²) in [4.78, 5) is 0. The van der Waals surface area contributed by atoms with Gasteiger partial charge in [0.05, 0.1) is 0 Å². The zero-order valence-electron chi connectivity index (χ0n) is 15.7. The Morgan fingerprint density at radius 2 is 1.64 bits per heavy atom. The van der Waals surface area contributed by atoms with Crippen LogP contribution in [0.15, 0.2) is 48.5 Å². The molecule has 2 aromatic carbocycles. The molecule has 0 spiro atoms. The third-order valence-electron chi connectivity index (χ3n) is 5.87. The van der Waals surface area contributed by atoms with E-state index in [4.69, 9.17) is 9.16 Å². The molecule has 1 aliphatic heterocycles. The van der Waals surface area contributed by atoms with Crippen LogP contribution in [-0.4, -0.2) is 14.4 Å². The smallest absolute Gasteiger partial charge is 0.193 e. The molecule has 130 valence electrons. The van der Waals surface area contributed by atoms with E-state index in [9.17, 15) is 0 Å². The van der Waals surface area contributed by atoms with Gasteiger partial charge in [0.1, 0.15) is 11.9 Å². The second kappa shape index (κ2) is 5.58. The van der Waals surface area contributed by atoms with Crippen molar-refractivity contribution in [2.24, 2.45) is 0 Å². The molecule has 0 saturated carbocycles. The van der Waals surface area contributed by atoms with Crippen LogP contribution in [-0.2, 0) is 4.43 Å². The number of benzene rings is 2. The first-order chi connectivity index (χ1) is 11.8. The third kappa shape index (κ3) is 2.66. The van der Waals surface area contributed by atoms with E-state index in [1.54, 1.807) is 0 Å². The zero-order chi connectivity index (χ0) is 17.8. The molecule has 2 nitrogen and oxygen atoms in total. The first-order valence-electron chi connectivity index (χ1n) is 9.02. The Balaban J connectivity index is 1.81. The monoisotopic (exact) mass is 350 g/mol. The van der Waals surface area contributed by atoms with Crippen molar-refractivity contribution in [2.75, 3.05) is 0 Å². The topological polar surface area (TPSA) is 18.5 Å². The van der Waals surface area contributed by atoms with E-state index in [1.165, 1.54) is 22.3 Å². The van der Waals surface area contributed by atoms with Gasteiger partial charge in [-0.05, 0) is 41.4 Å². The maximum Gasteiger partial charge on any atom is 0.193 e. The van der Waals surface area contributed by atoms with E-state index in [0.717, 1.165) is 5.75 Å². The quantitative estimate of drug-likeness (QED) is 0.612. The molecule has 0 unspecified atom stereocenters. The summed E-state index contributed by atoms with van der Waals surface area (Å²) < 4.78 is 13.3. The molecule has 2 atom stereocenters. The number of ether oxygens (including phenoxy) is 1. The molecule has 2 aromatic rings. The molecule has 25 heavy (non-hydrogen) atoms. The van der Waals surface area contributed by atoms with E-state index < -0.39 is 8.32 Å². The molecule has 0 N–H and O–H groups in total. The highest BCUT2D eigenvalue weighted by Gasteiger charge is 2.46. The van der Waals surface area contributed by atoms with Gasteiger partial charge in [0, 0.05) is 11.1 Å². The molecule has 1 heterocycles. The predicted octanol–water partition coefficient (Wildman–Crippen LogP) is 6.06. The zero-order valence-corrected chi connectivity index (χ0v) is 16.7. The van der Waals surface area contributed by atoms with Crippen molar-refractivity contribution in [1.82, 2.24) is 0 Å². The minimum absolute atomic E-state index is 0.0514. The van der Waals surface area contributed by atoms with Gasteiger partial charge in [-0.25, -0.2) is 0 Å². The number of rotatable bonds is 2. The molecule has 3 heteroatoms. The number of fused-ring (bicyclic) bond motifs is 4. The van der Waals surface area contributed by atoms with Crippen LogP contribution in [0.4, 0.5) is 0 Å². The Labute approximate surface area is 151 Å². The van der Waals surface area contributed by atoms with Gasteiger partial charge in [-0.2, -0.15) is 0 Å².